The van der Waals surface area contributed by atoms with Crippen LogP contribution < -0.4 is 10.6 Å². The van der Waals surface area contributed by atoms with Gasteiger partial charge in [-0.25, -0.2) is 4.42 Å². The fraction of sp³-hybridized carbons (Fsp3) is 0.400. The number of nitrogens with zero attached hydrogens (tertiary/aromatic N) is 1. The summed E-state index contributed by atoms with van der Waals surface area (Å²) in [5, 5.41) is 5.16. The van der Waals surface area contributed by atoms with Gasteiger partial charge in [0.1, 0.15) is 13.2 Å². The largest absolute Gasteiger partial charge is 0.464 e. The lowest BCUT2D eigenvalue weighted by molar-refractivity contribution is -0.145. The van der Waals surface area contributed by atoms with Gasteiger partial charge >= 0.3 is 17.9 Å². The van der Waals surface area contributed by atoms with E-state index in [1.807, 2.05) is 67.8 Å². The van der Waals surface area contributed by atoms with Crippen molar-refractivity contribution >= 4 is 121 Å². The van der Waals surface area contributed by atoms with E-state index in [4.69, 9.17) is 26.0 Å². The lowest BCUT2D eigenvalue weighted by atomic mass is 10.1. The molecule has 0 atom stereocenters. The summed E-state index contributed by atoms with van der Waals surface area (Å²) >= 11 is 11.6. The SMILES string of the molecule is CC(=O)OCCNC(=O)c1c(I)c(NC(=O)COC(C)=O)c(I)c(C(=O)N(Cl)CCOC(C)=O)c1I. The van der Waals surface area contributed by atoms with Crippen molar-refractivity contribution in [2.75, 3.05) is 38.2 Å². The van der Waals surface area contributed by atoms with E-state index in [0.717, 1.165) is 11.3 Å². The normalized spacial score (nSPS) is 10.2. The Labute approximate surface area is 252 Å². The maximum Gasteiger partial charge on any atom is 0.303 e. The van der Waals surface area contributed by atoms with Crippen LogP contribution in [0.5, 0.6) is 0 Å². The van der Waals surface area contributed by atoms with Gasteiger partial charge in [0, 0.05) is 36.1 Å². The highest BCUT2D eigenvalue weighted by molar-refractivity contribution is 14.1. The Morgan fingerprint density at radius 1 is 0.806 bits per heavy atom. The molecule has 3 amide bonds. The zero-order valence-electron chi connectivity index (χ0n) is 19.2. The van der Waals surface area contributed by atoms with Crippen LogP contribution >= 0.6 is 79.5 Å². The molecule has 0 spiro atoms. The first-order valence-corrected chi connectivity index (χ1v) is 13.5. The molecule has 36 heavy (non-hydrogen) atoms. The van der Waals surface area contributed by atoms with Crippen molar-refractivity contribution < 1.29 is 43.0 Å². The molecule has 0 aliphatic rings. The third-order valence-electron chi connectivity index (χ3n) is 3.94. The van der Waals surface area contributed by atoms with Crippen LogP contribution in [-0.2, 0) is 33.4 Å². The lowest BCUT2D eigenvalue weighted by Gasteiger charge is -2.21. The predicted molar refractivity (Wildman–Crippen MR) is 152 cm³/mol. The van der Waals surface area contributed by atoms with Crippen LogP contribution in [0.2, 0.25) is 0 Å². The molecule has 12 nitrogen and oxygen atoms in total. The van der Waals surface area contributed by atoms with Gasteiger partial charge in [-0.15, -0.1) is 0 Å². The number of hydrogen-bond acceptors (Lipinski definition) is 9. The minimum atomic E-state index is -0.710. The number of carbonyl (C=O) groups is 6. The van der Waals surface area contributed by atoms with Crippen molar-refractivity contribution in [2.45, 2.75) is 20.8 Å². The first-order chi connectivity index (χ1) is 16.8. The van der Waals surface area contributed by atoms with Gasteiger partial charge in [-0.3, -0.25) is 28.8 Å². The van der Waals surface area contributed by atoms with Gasteiger partial charge in [0.2, 0.25) is 0 Å². The van der Waals surface area contributed by atoms with Crippen LogP contribution in [-0.4, -0.2) is 73.0 Å². The molecule has 0 fully saturated rings. The van der Waals surface area contributed by atoms with E-state index < -0.39 is 42.2 Å². The average molecular weight is 864 g/mol. The molecule has 1 aromatic carbocycles. The Morgan fingerprint density at radius 3 is 1.89 bits per heavy atom. The van der Waals surface area contributed by atoms with E-state index in [1.54, 1.807) is 0 Å². The van der Waals surface area contributed by atoms with Gasteiger partial charge in [-0.2, -0.15) is 0 Å². The number of benzene rings is 1. The van der Waals surface area contributed by atoms with Crippen LogP contribution in [0.25, 0.3) is 0 Å². The Balaban J connectivity index is 3.43. The summed E-state index contributed by atoms with van der Waals surface area (Å²) < 4.78 is 15.9. The highest BCUT2D eigenvalue weighted by Crippen LogP contribution is 2.36. The van der Waals surface area contributed by atoms with Crippen molar-refractivity contribution in [3.05, 3.63) is 21.8 Å². The van der Waals surface area contributed by atoms with Crippen molar-refractivity contribution in [1.82, 2.24) is 9.74 Å². The Bertz CT molecular complexity index is 1070. The Kier molecular flexibility index (Phi) is 14.2. The monoisotopic (exact) mass is 863 g/mol. The molecule has 0 aliphatic heterocycles. The standard InChI is InChI=1S/C20H21ClI3N3O9/c1-9(28)34-6-4-25-19(32)13-15(22)14(20(33)27(21)5-7-35-10(2)29)17(24)18(16(13)23)26-12(31)8-36-11(3)30/h4-8H2,1-3H3,(H,25,32)(H,26,31). The Morgan fingerprint density at radius 2 is 1.33 bits per heavy atom. The number of amides is 3. The first-order valence-electron chi connectivity index (χ1n) is 9.94. The summed E-state index contributed by atoms with van der Waals surface area (Å²) in [6.45, 7) is 2.64. The summed E-state index contributed by atoms with van der Waals surface area (Å²) in [6, 6.07) is 0. The van der Waals surface area contributed by atoms with Crippen molar-refractivity contribution in [3.8, 4) is 0 Å². The van der Waals surface area contributed by atoms with Crippen LogP contribution in [0, 0.1) is 10.7 Å². The van der Waals surface area contributed by atoms with Gasteiger partial charge in [0.15, 0.2) is 6.61 Å². The van der Waals surface area contributed by atoms with Crippen molar-refractivity contribution in [3.63, 3.8) is 0 Å². The highest BCUT2D eigenvalue weighted by Gasteiger charge is 2.30. The Hall–Kier alpha value is -1.48. The zero-order chi connectivity index (χ0) is 27.6. The highest BCUT2D eigenvalue weighted by atomic mass is 127. The molecule has 16 heteroatoms. The minimum absolute atomic E-state index is 0.00198. The number of anilines is 1. The second-order valence-corrected chi connectivity index (χ2v) is 10.4. The zero-order valence-corrected chi connectivity index (χ0v) is 26.4. The number of rotatable bonds is 11. The van der Waals surface area contributed by atoms with E-state index in [0.29, 0.717) is 3.57 Å². The van der Waals surface area contributed by atoms with E-state index >= 15 is 0 Å². The molecule has 1 aromatic rings. The summed E-state index contributed by atoms with van der Waals surface area (Å²) in [4.78, 5) is 71.6. The lowest BCUT2D eigenvalue weighted by Crippen LogP contribution is -2.33. The molecule has 0 bridgehead atoms. The summed E-state index contributed by atoms with van der Waals surface area (Å²) in [7, 11) is 0. The number of hydrogen-bond donors (Lipinski definition) is 2. The molecular weight excluding hydrogens is 842 g/mol. The fourth-order valence-electron chi connectivity index (χ4n) is 2.44. The van der Waals surface area contributed by atoms with E-state index in [-0.39, 0.29) is 50.3 Å². The van der Waals surface area contributed by atoms with Crippen LogP contribution in [0.15, 0.2) is 0 Å². The van der Waals surface area contributed by atoms with Gasteiger partial charge in [0.25, 0.3) is 17.7 Å². The van der Waals surface area contributed by atoms with Crippen LogP contribution in [0.3, 0.4) is 0 Å². The van der Waals surface area contributed by atoms with Crippen molar-refractivity contribution in [1.29, 1.82) is 0 Å². The molecule has 0 aliphatic carbocycles. The molecule has 0 saturated heterocycles. The molecule has 2 N–H and O–H groups in total. The van der Waals surface area contributed by atoms with Crippen molar-refractivity contribution in [2.24, 2.45) is 0 Å². The molecule has 198 valence electrons. The third-order valence-corrected chi connectivity index (χ3v) is 7.49. The molecule has 0 saturated carbocycles. The quantitative estimate of drug-likeness (QED) is 0.112. The van der Waals surface area contributed by atoms with Crippen LogP contribution in [0.4, 0.5) is 5.69 Å². The number of ether oxygens (including phenoxy) is 3. The maximum absolute atomic E-state index is 13.2. The fourth-order valence-corrected chi connectivity index (χ4v) is 6.98. The molecule has 0 aromatic heterocycles. The molecule has 0 unspecified atom stereocenters. The summed E-state index contributed by atoms with van der Waals surface area (Å²) in [5.41, 5.74) is 0.213. The molecule has 1 rings (SSSR count). The van der Waals surface area contributed by atoms with Gasteiger partial charge < -0.3 is 24.8 Å². The number of halogens is 4. The number of esters is 3. The minimum Gasteiger partial charge on any atom is -0.464 e. The third kappa shape index (κ3) is 10.1. The van der Waals surface area contributed by atoms with Gasteiger partial charge in [0.05, 0.1) is 37.0 Å². The second kappa shape index (κ2) is 15.7. The molecule has 0 radical (unpaired) electrons. The average Bonchev–Trinajstić information content (AvgIpc) is 2.77. The van der Waals surface area contributed by atoms with Gasteiger partial charge in [-0.05, 0) is 67.8 Å². The number of nitrogens with one attached hydrogen (secondary N) is 2. The maximum atomic E-state index is 13.2. The smallest absolute Gasteiger partial charge is 0.303 e. The van der Waals surface area contributed by atoms with Crippen LogP contribution in [0.1, 0.15) is 41.5 Å². The first kappa shape index (κ1) is 32.5. The van der Waals surface area contributed by atoms with Gasteiger partial charge in [-0.1, -0.05) is 0 Å². The van der Waals surface area contributed by atoms with E-state index in [2.05, 4.69) is 10.6 Å². The topological polar surface area (TPSA) is 157 Å². The predicted octanol–water partition coefficient (Wildman–Crippen LogP) is 2.45. The summed E-state index contributed by atoms with van der Waals surface area (Å²) in [5.74, 6) is -3.72. The summed E-state index contributed by atoms with van der Waals surface area (Å²) in [6.07, 6.45) is 0. The van der Waals surface area contributed by atoms with E-state index in [9.17, 15) is 28.8 Å². The second-order valence-electron chi connectivity index (χ2n) is 6.72. The molecular formula is C20H21ClI3N3O9. The number of carbonyl (C=O) groups excluding carboxylic acids is 6. The molecule has 0 heterocycles. The van der Waals surface area contributed by atoms with E-state index in [1.165, 1.54) is 13.8 Å².